The van der Waals surface area contributed by atoms with E-state index in [0.29, 0.717) is 24.3 Å². The third-order valence-electron chi connectivity index (χ3n) is 2.65. The molecule has 4 nitrogen and oxygen atoms in total. The summed E-state index contributed by atoms with van der Waals surface area (Å²) in [7, 11) is 0. The molecule has 0 bridgehead atoms. The Balaban J connectivity index is 2.35. The summed E-state index contributed by atoms with van der Waals surface area (Å²) in [4.78, 5) is 17.4. The molecule has 1 amide bonds. The average molecular weight is 213 g/mol. The van der Waals surface area contributed by atoms with Crippen molar-refractivity contribution in [3.8, 4) is 6.07 Å². The summed E-state index contributed by atoms with van der Waals surface area (Å²) >= 11 is 0. The van der Waals surface area contributed by atoms with E-state index in [0.717, 1.165) is 0 Å². The Labute approximate surface area is 93.8 Å². The number of carbonyl (C=O) groups excluding carboxylic acids is 1. The maximum atomic E-state index is 11.7. The molecule has 1 aliphatic rings. The Morgan fingerprint density at radius 1 is 1.69 bits per heavy atom. The number of aromatic nitrogens is 1. The molecule has 0 saturated carbocycles. The van der Waals surface area contributed by atoms with Crippen molar-refractivity contribution in [3.05, 3.63) is 36.5 Å². The first-order chi connectivity index (χ1) is 7.76. The van der Waals surface area contributed by atoms with Gasteiger partial charge in [0.05, 0.1) is 5.56 Å². The van der Waals surface area contributed by atoms with Gasteiger partial charge in [0.15, 0.2) is 5.82 Å². The van der Waals surface area contributed by atoms with Crippen LogP contribution in [0, 0.1) is 17.2 Å². The van der Waals surface area contributed by atoms with Gasteiger partial charge in [-0.1, -0.05) is 6.08 Å². The fraction of sp³-hybridized carbons (Fsp3) is 0.250. The largest absolute Gasteiger partial charge is 0.295 e. The van der Waals surface area contributed by atoms with E-state index in [1.165, 1.54) is 0 Å². The van der Waals surface area contributed by atoms with Gasteiger partial charge in [-0.2, -0.15) is 5.26 Å². The van der Waals surface area contributed by atoms with Crippen molar-refractivity contribution in [3.63, 3.8) is 0 Å². The first-order valence-corrected chi connectivity index (χ1v) is 5.04. The van der Waals surface area contributed by atoms with Gasteiger partial charge in [0.2, 0.25) is 5.91 Å². The second-order valence-electron chi connectivity index (χ2n) is 3.69. The second kappa shape index (κ2) is 4.15. The molecule has 16 heavy (non-hydrogen) atoms. The van der Waals surface area contributed by atoms with E-state index < -0.39 is 0 Å². The van der Waals surface area contributed by atoms with Crippen molar-refractivity contribution < 1.29 is 4.79 Å². The smallest absolute Gasteiger partial charge is 0.228 e. The molecule has 4 heteroatoms. The van der Waals surface area contributed by atoms with E-state index >= 15 is 0 Å². The Bertz CT molecular complexity index is 475. The van der Waals surface area contributed by atoms with Crippen molar-refractivity contribution in [1.82, 2.24) is 4.98 Å². The summed E-state index contributed by atoms with van der Waals surface area (Å²) in [6.07, 6.45) is 3.81. The van der Waals surface area contributed by atoms with Crippen LogP contribution in [0.3, 0.4) is 0 Å². The Kier molecular flexibility index (Phi) is 2.69. The predicted octanol–water partition coefficient (Wildman–Crippen LogP) is 1.49. The average Bonchev–Trinajstić information content (AvgIpc) is 2.70. The molecule has 1 unspecified atom stereocenters. The highest BCUT2D eigenvalue weighted by molar-refractivity contribution is 5.96. The van der Waals surface area contributed by atoms with Gasteiger partial charge in [0.1, 0.15) is 6.07 Å². The Morgan fingerprint density at radius 3 is 3.12 bits per heavy atom. The maximum absolute atomic E-state index is 11.7. The standard InChI is InChI=1S/C12H11N3O/c1-2-9-6-11(16)15(8-9)12-10(7-13)4-3-5-14-12/h2-5,9H,1,6,8H2. The number of rotatable bonds is 2. The van der Waals surface area contributed by atoms with Crippen molar-refractivity contribution >= 4 is 11.7 Å². The molecule has 1 aliphatic heterocycles. The van der Waals surface area contributed by atoms with Gasteiger partial charge < -0.3 is 0 Å². The van der Waals surface area contributed by atoms with Crippen LogP contribution in [0.25, 0.3) is 0 Å². The van der Waals surface area contributed by atoms with Crippen LogP contribution < -0.4 is 4.90 Å². The van der Waals surface area contributed by atoms with Crippen LogP contribution in [-0.2, 0) is 4.79 Å². The minimum absolute atomic E-state index is 0.0000926. The first-order valence-electron chi connectivity index (χ1n) is 5.04. The zero-order valence-electron chi connectivity index (χ0n) is 8.76. The van der Waals surface area contributed by atoms with E-state index in [1.807, 2.05) is 6.07 Å². The molecule has 1 aromatic rings. The highest BCUT2D eigenvalue weighted by Gasteiger charge is 2.30. The highest BCUT2D eigenvalue weighted by Crippen LogP contribution is 2.25. The fourth-order valence-corrected chi connectivity index (χ4v) is 1.80. The van der Waals surface area contributed by atoms with Crippen LogP contribution in [0.5, 0.6) is 0 Å². The van der Waals surface area contributed by atoms with Crippen molar-refractivity contribution in [2.45, 2.75) is 6.42 Å². The summed E-state index contributed by atoms with van der Waals surface area (Å²) in [5.41, 5.74) is 0.431. The van der Waals surface area contributed by atoms with Crippen molar-refractivity contribution in [1.29, 1.82) is 5.26 Å². The molecular formula is C12H11N3O. The van der Waals surface area contributed by atoms with Gasteiger partial charge in [-0.3, -0.25) is 9.69 Å². The molecule has 0 N–H and O–H groups in total. The number of hydrogen-bond acceptors (Lipinski definition) is 3. The summed E-state index contributed by atoms with van der Waals surface area (Å²) < 4.78 is 0. The maximum Gasteiger partial charge on any atom is 0.228 e. The van der Waals surface area contributed by atoms with Crippen molar-refractivity contribution in [2.75, 3.05) is 11.4 Å². The van der Waals surface area contributed by atoms with Crippen LogP contribution in [0.2, 0.25) is 0 Å². The third-order valence-corrected chi connectivity index (χ3v) is 2.65. The molecule has 1 saturated heterocycles. The van der Waals surface area contributed by atoms with E-state index in [1.54, 1.807) is 29.3 Å². The Hall–Kier alpha value is -2.15. The molecule has 1 atom stereocenters. The van der Waals surface area contributed by atoms with Crippen LogP contribution >= 0.6 is 0 Å². The van der Waals surface area contributed by atoms with E-state index in [-0.39, 0.29) is 11.8 Å². The second-order valence-corrected chi connectivity index (χ2v) is 3.69. The number of hydrogen-bond donors (Lipinski definition) is 0. The minimum atomic E-state index is 0.0000926. The predicted molar refractivity (Wildman–Crippen MR) is 59.6 cm³/mol. The zero-order chi connectivity index (χ0) is 11.5. The summed E-state index contributed by atoms with van der Waals surface area (Å²) in [6.45, 7) is 4.25. The third kappa shape index (κ3) is 1.68. The molecule has 1 aromatic heterocycles. The summed E-state index contributed by atoms with van der Waals surface area (Å²) in [5, 5.41) is 8.94. The number of nitriles is 1. The molecule has 0 aromatic carbocycles. The molecule has 0 spiro atoms. The Morgan fingerprint density at radius 2 is 2.50 bits per heavy atom. The molecule has 2 heterocycles. The molecule has 2 rings (SSSR count). The van der Waals surface area contributed by atoms with Gasteiger partial charge in [-0.15, -0.1) is 6.58 Å². The normalized spacial score (nSPS) is 19.6. The quantitative estimate of drug-likeness (QED) is 0.699. The topological polar surface area (TPSA) is 57.0 Å². The number of pyridine rings is 1. The van der Waals surface area contributed by atoms with Crippen LogP contribution in [0.1, 0.15) is 12.0 Å². The lowest BCUT2D eigenvalue weighted by Crippen LogP contribution is -2.26. The number of carbonyl (C=O) groups is 1. The number of amides is 1. The SMILES string of the molecule is C=CC1CC(=O)N(c2ncccc2C#N)C1. The van der Waals surface area contributed by atoms with Crippen LogP contribution in [-0.4, -0.2) is 17.4 Å². The molecule has 0 aliphatic carbocycles. The van der Waals surface area contributed by atoms with E-state index in [2.05, 4.69) is 11.6 Å². The van der Waals surface area contributed by atoms with Crippen LogP contribution in [0.4, 0.5) is 5.82 Å². The van der Waals surface area contributed by atoms with Crippen molar-refractivity contribution in [2.24, 2.45) is 5.92 Å². The van der Waals surface area contributed by atoms with E-state index in [4.69, 9.17) is 5.26 Å². The number of anilines is 1. The fourth-order valence-electron chi connectivity index (χ4n) is 1.80. The lowest BCUT2D eigenvalue weighted by molar-refractivity contribution is -0.117. The van der Waals surface area contributed by atoms with Gasteiger partial charge in [-0.05, 0) is 12.1 Å². The van der Waals surface area contributed by atoms with Gasteiger partial charge in [0.25, 0.3) is 0 Å². The number of nitrogens with zero attached hydrogens (tertiary/aromatic N) is 3. The molecule has 80 valence electrons. The highest BCUT2D eigenvalue weighted by atomic mass is 16.2. The summed E-state index contributed by atoms with van der Waals surface area (Å²) in [5.74, 6) is 0.612. The van der Waals surface area contributed by atoms with Gasteiger partial charge in [-0.25, -0.2) is 4.98 Å². The molecule has 0 radical (unpaired) electrons. The van der Waals surface area contributed by atoms with E-state index in [9.17, 15) is 4.79 Å². The van der Waals surface area contributed by atoms with Crippen LogP contribution in [0.15, 0.2) is 31.0 Å². The first kappa shape index (κ1) is 10.4. The summed E-state index contributed by atoms with van der Waals surface area (Å²) in [6, 6.07) is 5.40. The van der Waals surface area contributed by atoms with Gasteiger partial charge in [0, 0.05) is 25.1 Å². The molecule has 1 fully saturated rings. The monoisotopic (exact) mass is 213 g/mol. The zero-order valence-corrected chi connectivity index (χ0v) is 8.76. The van der Waals surface area contributed by atoms with Gasteiger partial charge >= 0.3 is 0 Å². The lowest BCUT2D eigenvalue weighted by atomic mass is 10.1. The lowest BCUT2D eigenvalue weighted by Gasteiger charge is -2.15. The molecular weight excluding hydrogens is 202 g/mol. The minimum Gasteiger partial charge on any atom is -0.295 e.